The lowest BCUT2D eigenvalue weighted by Gasteiger charge is -2.12. The molecule has 0 unspecified atom stereocenters. The van der Waals surface area contributed by atoms with E-state index in [1.165, 1.54) is 24.3 Å². The third kappa shape index (κ3) is 4.04. The molecule has 0 atom stereocenters. The van der Waals surface area contributed by atoms with Gasteiger partial charge in [0.2, 0.25) is 0 Å². The average Bonchev–Trinajstić information content (AvgIpc) is 2.36. The molecular weight excluding hydrogens is 351 g/mol. The van der Waals surface area contributed by atoms with Crippen LogP contribution in [0.15, 0.2) is 40.9 Å². The van der Waals surface area contributed by atoms with Crippen LogP contribution in [0, 0.1) is 0 Å². The van der Waals surface area contributed by atoms with Crippen molar-refractivity contribution in [2.24, 2.45) is 0 Å². The van der Waals surface area contributed by atoms with Gasteiger partial charge in [-0.1, -0.05) is 15.9 Å². The van der Waals surface area contributed by atoms with Crippen LogP contribution in [0.25, 0.3) is 0 Å². The fourth-order valence-corrected chi connectivity index (χ4v) is 2.25. The summed E-state index contributed by atoms with van der Waals surface area (Å²) in [5, 5.41) is 21.6. The maximum atomic E-state index is 12.7. The molecule has 3 N–H and O–H groups in total. The maximum Gasteiger partial charge on any atom is 0.416 e. The number of hydrogen-bond donors (Lipinski definition) is 3. The van der Waals surface area contributed by atoms with Gasteiger partial charge in [-0.05, 0) is 30.3 Å². The first-order valence-electron chi connectivity index (χ1n) is 5.88. The molecule has 0 saturated carbocycles. The van der Waals surface area contributed by atoms with Gasteiger partial charge in [-0.3, -0.25) is 0 Å². The molecule has 0 fully saturated rings. The summed E-state index contributed by atoms with van der Waals surface area (Å²) >= 11 is 3.03. The van der Waals surface area contributed by atoms with Crippen molar-refractivity contribution in [1.29, 1.82) is 0 Å². The van der Waals surface area contributed by atoms with Crippen LogP contribution in [0.4, 0.5) is 18.9 Å². The average molecular weight is 362 g/mol. The van der Waals surface area contributed by atoms with E-state index in [4.69, 9.17) is 0 Å². The van der Waals surface area contributed by atoms with Crippen molar-refractivity contribution in [1.82, 2.24) is 0 Å². The lowest BCUT2D eigenvalue weighted by atomic mass is 10.1. The third-order valence-electron chi connectivity index (χ3n) is 2.78. The van der Waals surface area contributed by atoms with Crippen molar-refractivity contribution in [2.45, 2.75) is 12.7 Å². The van der Waals surface area contributed by atoms with Crippen molar-refractivity contribution in [3.63, 3.8) is 0 Å². The van der Waals surface area contributed by atoms with Gasteiger partial charge in [-0.25, -0.2) is 0 Å². The van der Waals surface area contributed by atoms with Gasteiger partial charge in [0, 0.05) is 28.3 Å². The van der Waals surface area contributed by atoms with Gasteiger partial charge >= 0.3 is 6.18 Å². The minimum absolute atomic E-state index is 0.0851. The molecule has 0 amide bonds. The summed E-state index contributed by atoms with van der Waals surface area (Å²) in [6.07, 6.45) is -4.43. The van der Waals surface area contributed by atoms with Gasteiger partial charge in [0.15, 0.2) is 0 Å². The Morgan fingerprint density at radius 3 is 2.38 bits per heavy atom. The van der Waals surface area contributed by atoms with Gasteiger partial charge in [0.25, 0.3) is 0 Å². The van der Waals surface area contributed by atoms with Crippen LogP contribution in [0.3, 0.4) is 0 Å². The normalized spacial score (nSPS) is 11.4. The second-order valence-corrected chi connectivity index (χ2v) is 5.31. The van der Waals surface area contributed by atoms with Gasteiger partial charge in [0.1, 0.15) is 11.5 Å². The SMILES string of the molecule is Oc1ccc(CNc2cc(Br)cc(C(F)(F)F)c2)c(O)c1. The maximum absolute atomic E-state index is 12.7. The third-order valence-corrected chi connectivity index (χ3v) is 3.23. The number of benzene rings is 2. The fraction of sp³-hybridized carbons (Fsp3) is 0.143. The fourth-order valence-electron chi connectivity index (χ4n) is 1.75. The molecule has 2 aromatic carbocycles. The number of phenolic OH excluding ortho intramolecular Hbond substituents is 2. The highest BCUT2D eigenvalue weighted by molar-refractivity contribution is 9.10. The first-order valence-corrected chi connectivity index (χ1v) is 6.67. The summed E-state index contributed by atoms with van der Waals surface area (Å²) in [6, 6.07) is 7.52. The van der Waals surface area contributed by atoms with E-state index in [1.54, 1.807) is 0 Å². The lowest BCUT2D eigenvalue weighted by molar-refractivity contribution is -0.137. The molecule has 0 bridgehead atoms. The summed E-state index contributed by atoms with van der Waals surface area (Å²) in [5.74, 6) is -0.216. The number of phenols is 2. The molecule has 2 aromatic rings. The van der Waals surface area contributed by atoms with Crippen molar-refractivity contribution in [2.75, 3.05) is 5.32 Å². The first-order chi connectivity index (χ1) is 9.75. The Balaban J connectivity index is 2.18. The second kappa shape index (κ2) is 5.85. The Hall–Kier alpha value is -1.89. The van der Waals surface area contributed by atoms with Crippen LogP contribution < -0.4 is 5.32 Å². The van der Waals surface area contributed by atoms with E-state index in [0.717, 1.165) is 12.1 Å². The van der Waals surface area contributed by atoms with Crippen LogP contribution in [0.2, 0.25) is 0 Å². The topological polar surface area (TPSA) is 52.5 Å². The summed E-state index contributed by atoms with van der Waals surface area (Å²) < 4.78 is 38.4. The monoisotopic (exact) mass is 361 g/mol. The number of rotatable bonds is 3. The molecule has 21 heavy (non-hydrogen) atoms. The standard InChI is InChI=1S/C14H11BrF3NO2/c15-10-3-9(14(16,17)18)4-11(5-10)19-7-8-1-2-12(20)6-13(8)21/h1-6,19-21H,7H2. The van der Waals surface area contributed by atoms with Gasteiger partial charge < -0.3 is 15.5 Å². The van der Waals surface area contributed by atoms with Crippen molar-refractivity contribution < 1.29 is 23.4 Å². The zero-order valence-electron chi connectivity index (χ0n) is 10.6. The van der Waals surface area contributed by atoms with Gasteiger partial charge in [-0.2, -0.15) is 13.2 Å². The molecule has 0 saturated heterocycles. The number of alkyl halides is 3. The minimum Gasteiger partial charge on any atom is -0.508 e. The van der Waals surface area contributed by atoms with E-state index in [2.05, 4.69) is 21.2 Å². The number of aromatic hydroxyl groups is 2. The molecule has 0 heterocycles. The Kier molecular flexibility index (Phi) is 4.32. The van der Waals surface area contributed by atoms with Crippen LogP contribution in [-0.4, -0.2) is 10.2 Å². The van der Waals surface area contributed by atoms with E-state index in [1.807, 2.05) is 0 Å². The summed E-state index contributed by atoms with van der Waals surface area (Å²) in [4.78, 5) is 0. The van der Waals surface area contributed by atoms with E-state index in [9.17, 15) is 23.4 Å². The smallest absolute Gasteiger partial charge is 0.416 e. The molecule has 2 rings (SSSR count). The first kappa shape index (κ1) is 15.5. The Morgan fingerprint density at radius 1 is 1.05 bits per heavy atom. The van der Waals surface area contributed by atoms with Crippen molar-refractivity contribution >= 4 is 21.6 Å². The Morgan fingerprint density at radius 2 is 1.76 bits per heavy atom. The zero-order valence-corrected chi connectivity index (χ0v) is 12.2. The molecule has 3 nitrogen and oxygen atoms in total. The van der Waals surface area contributed by atoms with Crippen LogP contribution in [0.1, 0.15) is 11.1 Å². The molecular formula is C14H11BrF3NO2. The highest BCUT2D eigenvalue weighted by Gasteiger charge is 2.31. The van der Waals surface area contributed by atoms with Gasteiger partial charge in [0.05, 0.1) is 5.56 Å². The second-order valence-electron chi connectivity index (χ2n) is 4.39. The van der Waals surface area contributed by atoms with Crippen LogP contribution in [0.5, 0.6) is 11.5 Å². The van der Waals surface area contributed by atoms with E-state index in [-0.39, 0.29) is 23.7 Å². The number of anilines is 1. The largest absolute Gasteiger partial charge is 0.508 e. The molecule has 7 heteroatoms. The molecule has 0 aromatic heterocycles. The van der Waals surface area contributed by atoms with Crippen LogP contribution in [-0.2, 0) is 12.7 Å². The molecule has 0 aliphatic carbocycles. The van der Waals surface area contributed by atoms with E-state index in [0.29, 0.717) is 10.0 Å². The Labute approximate surface area is 127 Å². The van der Waals surface area contributed by atoms with Crippen molar-refractivity contribution in [3.05, 3.63) is 52.0 Å². The van der Waals surface area contributed by atoms with E-state index >= 15 is 0 Å². The van der Waals surface area contributed by atoms with E-state index < -0.39 is 11.7 Å². The molecule has 0 radical (unpaired) electrons. The van der Waals surface area contributed by atoms with Crippen molar-refractivity contribution in [3.8, 4) is 11.5 Å². The quantitative estimate of drug-likeness (QED) is 0.754. The number of hydrogen-bond acceptors (Lipinski definition) is 3. The Bertz CT molecular complexity index is 659. The minimum atomic E-state index is -4.43. The summed E-state index contributed by atoms with van der Waals surface area (Å²) in [7, 11) is 0. The summed E-state index contributed by atoms with van der Waals surface area (Å²) in [5.41, 5.74) is -0.0418. The zero-order chi connectivity index (χ0) is 15.6. The number of nitrogens with one attached hydrogen (secondary N) is 1. The molecule has 0 aliphatic rings. The predicted molar refractivity (Wildman–Crippen MR) is 76.2 cm³/mol. The summed E-state index contributed by atoms with van der Waals surface area (Å²) in [6.45, 7) is 0.125. The number of halogens is 4. The predicted octanol–water partition coefficient (Wildman–Crippen LogP) is 4.49. The van der Waals surface area contributed by atoms with Gasteiger partial charge in [-0.15, -0.1) is 0 Å². The lowest BCUT2D eigenvalue weighted by Crippen LogP contribution is -2.07. The molecule has 0 aliphatic heterocycles. The molecule has 112 valence electrons. The highest BCUT2D eigenvalue weighted by Crippen LogP contribution is 2.33. The highest BCUT2D eigenvalue weighted by atomic mass is 79.9. The molecule has 0 spiro atoms. The van der Waals surface area contributed by atoms with Crippen LogP contribution >= 0.6 is 15.9 Å².